The van der Waals surface area contributed by atoms with E-state index in [0.29, 0.717) is 17.6 Å². The van der Waals surface area contributed by atoms with Crippen LogP contribution in [0.4, 0.5) is 0 Å². The first kappa shape index (κ1) is 26.6. The van der Waals surface area contributed by atoms with E-state index in [4.69, 9.17) is 15.0 Å². The second kappa shape index (κ2) is 10.5. The first-order valence-electron chi connectivity index (χ1n) is 16.1. The highest BCUT2D eigenvalue weighted by molar-refractivity contribution is 6.23. The minimum absolute atomic E-state index is 0.588. The van der Waals surface area contributed by atoms with Crippen LogP contribution in [0, 0.1) is 0 Å². The highest BCUT2D eigenvalue weighted by Crippen LogP contribution is 2.41. The Hall–Kier alpha value is -6.59. The lowest BCUT2D eigenvalue weighted by molar-refractivity contribution is 0.954. The number of nitrogens with zero attached hydrogens (tertiary/aromatic N) is 5. The molecule has 0 atom stereocenters. The van der Waals surface area contributed by atoms with Crippen LogP contribution in [0.3, 0.4) is 0 Å². The summed E-state index contributed by atoms with van der Waals surface area (Å²) in [4.78, 5) is 15.2. The molecule has 5 heteroatoms. The van der Waals surface area contributed by atoms with Crippen molar-refractivity contribution in [3.05, 3.63) is 164 Å². The maximum Gasteiger partial charge on any atom is 0.238 e. The minimum atomic E-state index is 0.588. The van der Waals surface area contributed by atoms with Crippen LogP contribution in [0.1, 0.15) is 0 Å². The molecule has 224 valence electrons. The van der Waals surface area contributed by atoms with Crippen molar-refractivity contribution in [2.75, 3.05) is 0 Å². The molecule has 0 saturated heterocycles. The molecule has 0 unspecified atom stereocenters. The van der Waals surface area contributed by atoms with E-state index in [1.54, 1.807) is 0 Å². The molecule has 0 saturated carbocycles. The van der Waals surface area contributed by atoms with Crippen molar-refractivity contribution in [1.29, 1.82) is 0 Å². The Kier molecular flexibility index (Phi) is 5.81. The molecule has 0 amide bonds. The fourth-order valence-corrected chi connectivity index (χ4v) is 7.20. The molecular formula is C43H27N5. The van der Waals surface area contributed by atoms with E-state index in [-0.39, 0.29) is 0 Å². The average Bonchev–Trinajstić information content (AvgIpc) is 3.67. The molecule has 0 N–H and O–H groups in total. The van der Waals surface area contributed by atoms with Gasteiger partial charge in [-0.25, -0.2) is 4.98 Å². The topological polar surface area (TPSA) is 48.5 Å². The monoisotopic (exact) mass is 613 g/mol. The molecule has 0 fully saturated rings. The van der Waals surface area contributed by atoms with Gasteiger partial charge in [-0.3, -0.25) is 4.57 Å². The lowest BCUT2D eigenvalue weighted by Gasteiger charge is -2.11. The van der Waals surface area contributed by atoms with Gasteiger partial charge in [0, 0.05) is 43.7 Å². The largest absolute Gasteiger partial charge is 0.309 e. The van der Waals surface area contributed by atoms with Crippen molar-refractivity contribution in [2.45, 2.75) is 0 Å². The zero-order chi connectivity index (χ0) is 31.6. The van der Waals surface area contributed by atoms with E-state index in [1.807, 2.05) is 60.7 Å². The summed E-state index contributed by atoms with van der Waals surface area (Å²) in [6.45, 7) is 0. The molecule has 0 aliphatic heterocycles. The smallest absolute Gasteiger partial charge is 0.238 e. The second-order valence-electron chi connectivity index (χ2n) is 12.1. The highest BCUT2D eigenvalue weighted by atomic mass is 15.2. The summed E-state index contributed by atoms with van der Waals surface area (Å²) in [6.07, 6.45) is 0. The predicted molar refractivity (Wildman–Crippen MR) is 197 cm³/mol. The van der Waals surface area contributed by atoms with Gasteiger partial charge in [0.1, 0.15) is 0 Å². The molecule has 7 aromatic carbocycles. The zero-order valence-electron chi connectivity index (χ0n) is 25.8. The number of fused-ring (bicyclic) bond motifs is 8. The Balaban J connectivity index is 1.35. The van der Waals surface area contributed by atoms with Gasteiger partial charge < -0.3 is 4.57 Å². The van der Waals surface area contributed by atoms with Gasteiger partial charge in [0.05, 0.1) is 22.1 Å². The zero-order valence-corrected chi connectivity index (χ0v) is 25.8. The molecule has 10 aromatic rings. The molecular weight excluding hydrogens is 587 g/mol. The Morgan fingerprint density at radius 2 is 0.896 bits per heavy atom. The van der Waals surface area contributed by atoms with Gasteiger partial charge in [0.15, 0.2) is 11.6 Å². The first-order valence-corrected chi connectivity index (χ1v) is 16.1. The summed E-state index contributed by atoms with van der Waals surface area (Å²) < 4.78 is 4.62. The average molecular weight is 614 g/mol. The Morgan fingerprint density at radius 3 is 1.58 bits per heavy atom. The third-order valence-corrected chi connectivity index (χ3v) is 9.35. The van der Waals surface area contributed by atoms with Gasteiger partial charge >= 0.3 is 0 Å². The van der Waals surface area contributed by atoms with E-state index < -0.39 is 0 Å². The fourth-order valence-electron chi connectivity index (χ4n) is 7.20. The van der Waals surface area contributed by atoms with Crippen LogP contribution >= 0.6 is 0 Å². The summed E-state index contributed by atoms with van der Waals surface area (Å²) >= 11 is 0. The third kappa shape index (κ3) is 4.01. The Morgan fingerprint density at radius 1 is 0.354 bits per heavy atom. The number of hydrogen-bond donors (Lipinski definition) is 0. The molecule has 0 aliphatic rings. The van der Waals surface area contributed by atoms with Gasteiger partial charge in [-0.1, -0.05) is 133 Å². The summed E-state index contributed by atoms with van der Waals surface area (Å²) in [5.41, 5.74) is 7.48. The molecule has 5 nitrogen and oxygen atoms in total. The molecule has 0 bridgehead atoms. The van der Waals surface area contributed by atoms with Crippen LogP contribution in [0.2, 0.25) is 0 Å². The molecule has 0 spiro atoms. The van der Waals surface area contributed by atoms with Crippen molar-refractivity contribution in [3.63, 3.8) is 0 Å². The SMILES string of the molecule is c1ccc(-c2nc(-c3ccccc3)nc(-n3c4ccccc4c4cc5c(cc43)c3ccc4ccccc4c3n5-c3ccccc3)n2)cc1. The molecule has 3 aromatic heterocycles. The molecule has 10 rings (SSSR count). The summed E-state index contributed by atoms with van der Waals surface area (Å²) in [5, 5.41) is 7.12. The van der Waals surface area contributed by atoms with E-state index in [1.165, 1.54) is 27.1 Å². The van der Waals surface area contributed by atoms with Crippen molar-refractivity contribution >= 4 is 54.4 Å². The first-order chi connectivity index (χ1) is 23.8. The van der Waals surface area contributed by atoms with Crippen LogP contribution < -0.4 is 0 Å². The lowest BCUT2D eigenvalue weighted by atomic mass is 10.0. The van der Waals surface area contributed by atoms with Crippen LogP contribution in [0.25, 0.3) is 88.8 Å². The standard InChI is InChI=1S/C43H27N5/c1-4-15-29(16-5-1)41-44-42(30-17-6-2-7-18-30)46-43(45-41)48-37-23-13-12-22-33(37)35-26-38-36(27-39(35)48)34-25-24-28-14-10-11-21-32(28)40(34)47(38)31-19-8-3-9-20-31/h1-27H. The van der Waals surface area contributed by atoms with Gasteiger partial charge in [0.25, 0.3) is 0 Å². The van der Waals surface area contributed by atoms with E-state index >= 15 is 0 Å². The quantitative estimate of drug-likeness (QED) is 0.198. The third-order valence-electron chi connectivity index (χ3n) is 9.35. The maximum atomic E-state index is 5.14. The van der Waals surface area contributed by atoms with Gasteiger partial charge in [-0.05, 0) is 35.7 Å². The summed E-state index contributed by atoms with van der Waals surface area (Å²) in [6, 6.07) is 57.3. The van der Waals surface area contributed by atoms with Crippen LogP contribution in [0.5, 0.6) is 0 Å². The predicted octanol–water partition coefficient (Wildman–Crippen LogP) is 10.6. The van der Waals surface area contributed by atoms with Crippen LogP contribution in [-0.2, 0) is 0 Å². The molecule has 0 radical (unpaired) electrons. The van der Waals surface area contributed by atoms with Crippen molar-refractivity contribution in [3.8, 4) is 34.4 Å². The van der Waals surface area contributed by atoms with Crippen molar-refractivity contribution in [2.24, 2.45) is 0 Å². The minimum Gasteiger partial charge on any atom is -0.309 e. The molecule has 3 heterocycles. The van der Waals surface area contributed by atoms with E-state index in [9.17, 15) is 0 Å². The van der Waals surface area contributed by atoms with Gasteiger partial charge in [0.2, 0.25) is 5.95 Å². The van der Waals surface area contributed by atoms with Crippen LogP contribution in [0.15, 0.2) is 164 Å². The molecule has 0 aliphatic carbocycles. The van der Waals surface area contributed by atoms with Crippen molar-refractivity contribution in [1.82, 2.24) is 24.1 Å². The number of benzene rings is 7. The van der Waals surface area contributed by atoms with Crippen LogP contribution in [-0.4, -0.2) is 24.1 Å². The number of para-hydroxylation sites is 2. The Bertz CT molecular complexity index is 2760. The Labute approximate surface area is 276 Å². The number of hydrogen-bond acceptors (Lipinski definition) is 3. The lowest BCUT2D eigenvalue weighted by Crippen LogP contribution is -2.06. The van der Waals surface area contributed by atoms with Gasteiger partial charge in [-0.2, -0.15) is 9.97 Å². The van der Waals surface area contributed by atoms with E-state index in [0.717, 1.165) is 44.1 Å². The number of aromatic nitrogens is 5. The number of rotatable bonds is 4. The summed E-state index contributed by atoms with van der Waals surface area (Å²) in [5.74, 6) is 1.86. The highest BCUT2D eigenvalue weighted by Gasteiger charge is 2.21. The fraction of sp³-hybridized carbons (Fsp3) is 0. The second-order valence-corrected chi connectivity index (χ2v) is 12.1. The summed E-state index contributed by atoms with van der Waals surface area (Å²) in [7, 11) is 0. The van der Waals surface area contributed by atoms with Crippen molar-refractivity contribution < 1.29 is 0 Å². The normalized spacial score (nSPS) is 11.8. The molecule has 48 heavy (non-hydrogen) atoms. The maximum absolute atomic E-state index is 5.14. The van der Waals surface area contributed by atoms with Gasteiger partial charge in [-0.15, -0.1) is 0 Å². The van der Waals surface area contributed by atoms with E-state index in [2.05, 4.69) is 112 Å².